The summed E-state index contributed by atoms with van der Waals surface area (Å²) in [5, 5.41) is 2.77. The number of nitrogens with zero attached hydrogens (tertiary/aromatic N) is 2. The fraction of sp³-hybridized carbons (Fsp3) is 0.462. The van der Waals surface area contributed by atoms with E-state index in [2.05, 4.69) is 17.1 Å². The summed E-state index contributed by atoms with van der Waals surface area (Å²) in [6, 6.07) is 15.3. The lowest BCUT2D eigenvalue weighted by Gasteiger charge is -2.36. The summed E-state index contributed by atoms with van der Waals surface area (Å²) in [7, 11) is 3.23. The number of carbonyl (C=O) groups is 2. The Hall–Kier alpha value is -3.42. The molecule has 3 rings (SSSR count). The van der Waals surface area contributed by atoms with Gasteiger partial charge in [0.15, 0.2) is 11.5 Å². The van der Waals surface area contributed by atoms with Gasteiger partial charge in [0.1, 0.15) is 6.10 Å². The number of hydrogen-bond acceptors (Lipinski definition) is 6. The molecular weight excluding hydrogens is 434 g/mol. The highest BCUT2D eigenvalue weighted by Crippen LogP contribution is 2.32. The summed E-state index contributed by atoms with van der Waals surface area (Å²) in [5.74, 6) is 1.34. The molecule has 1 aliphatic heterocycles. The first-order chi connectivity index (χ1) is 16.5. The molecule has 2 amide bonds. The predicted molar refractivity (Wildman–Crippen MR) is 132 cm³/mol. The van der Waals surface area contributed by atoms with Crippen LogP contribution in [0.5, 0.6) is 11.5 Å². The Morgan fingerprint density at radius 1 is 0.971 bits per heavy atom. The van der Waals surface area contributed by atoms with Gasteiger partial charge in [-0.2, -0.15) is 0 Å². The Morgan fingerprint density at radius 3 is 2.32 bits per heavy atom. The fourth-order valence-electron chi connectivity index (χ4n) is 3.96. The monoisotopic (exact) mass is 469 g/mol. The van der Waals surface area contributed by atoms with Crippen molar-refractivity contribution in [2.45, 2.75) is 32.3 Å². The van der Waals surface area contributed by atoms with Gasteiger partial charge in [0, 0.05) is 44.5 Å². The quantitative estimate of drug-likeness (QED) is 0.530. The molecule has 8 heteroatoms. The van der Waals surface area contributed by atoms with Crippen molar-refractivity contribution in [3.8, 4) is 11.5 Å². The average Bonchev–Trinajstić information content (AvgIpc) is 2.88. The van der Waals surface area contributed by atoms with E-state index < -0.39 is 12.2 Å². The summed E-state index contributed by atoms with van der Waals surface area (Å²) < 4.78 is 16.4. The third-order valence-corrected chi connectivity index (χ3v) is 5.94. The van der Waals surface area contributed by atoms with Crippen molar-refractivity contribution in [1.82, 2.24) is 10.2 Å². The van der Waals surface area contributed by atoms with Gasteiger partial charge in [0.2, 0.25) is 5.91 Å². The number of anilines is 1. The van der Waals surface area contributed by atoms with Gasteiger partial charge in [-0.3, -0.25) is 4.79 Å². The highest BCUT2D eigenvalue weighted by molar-refractivity contribution is 5.78. The molecule has 0 saturated carbocycles. The zero-order chi connectivity index (χ0) is 24.3. The van der Waals surface area contributed by atoms with E-state index in [4.69, 9.17) is 14.2 Å². The molecule has 1 N–H and O–H groups in total. The summed E-state index contributed by atoms with van der Waals surface area (Å²) in [6.07, 6.45) is 0.860. The molecular formula is C26H35N3O5. The number of ether oxygens (including phenoxy) is 3. The molecule has 0 bridgehead atoms. The lowest BCUT2D eigenvalue weighted by atomic mass is 10.1. The number of alkyl carbamates (subject to hydrolysis) is 1. The van der Waals surface area contributed by atoms with E-state index in [1.54, 1.807) is 14.2 Å². The summed E-state index contributed by atoms with van der Waals surface area (Å²) >= 11 is 0. The van der Waals surface area contributed by atoms with Crippen LogP contribution >= 0.6 is 0 Å². The van der Waals surface area contributed by atoms with Crippen molar-refractivity contribution in [2.24, 2.45) is 0 Å². The second-order valence-electron chi connectivity index (χ2n) is 8.20. The van der Waals surface area contributed by atoms with Gasteiger partial charge in [0.25, 0.3) is 0 Å². The van der Waals surface area contributed by atoms with Crippen molar-refractivity contribution in [3.63, 3.8) is 0 Å². The number of nitrogens with one attached hydrogen (secondary N) is 1. The first-order valence-electron chi connectivity index (χ1n) is 11.8. The lowest BCUT2D eigenvalue weighted by molar-refractivity contribution is -0.133. The molecule has 0 radical (unpaired) electrons. The third-order valence-electron chi connectivity index (χ3n) is 5.94. The molecule has 0 spiro atoms. The van der Waals surface area contributed by atoms with Crippen LogP contribution in [0.15, 0.2) is 48.5 Å². The molecule has 1 atom stereocenters. The van der Waals surface area contributed by atoms with Crippen LogP contribution < -0.4 is 19.7 Å². The Labute approximate surface area is 201 Å². The van der Waals surface area contributed by atoms with E-state index in [9.17, 15) is 9.59 Å². The minimum Gasteiger partial charge on any atom is -0.493 e. The molecule has 1 fully saturated rings. The first kappa shape index (κ1) is 25.2. The molecule has 0 aliphatic carbocycles. The van der Waals surface area contributed by atoms with E-state index in [0.29, 0.717) is 44.2 Å². The maximum atomic E-state index is 13.1. The van der Waals surface area contributed by atoms with Crippen molar-refractivity contribution in [2.75, 3.05) is 51.8 Å². The summed E-state index contributed by atoms with van der Waals surface area (Å²) in [6.45, 7) is 5.21. The van der Waals surface area contributed by atoms with Crippen LogP contribution in [0.1, 0.15) is 37.9 Å². The average molecular weight is 470 g/mol. The molecule has 184 valence electrons. The SMILES string of the molecule is CCCCNC(=O)O[C@H](CC(=O)N1CCN(c2ccc(OC)c(OC)c2)CC1)c1ccccc1. The van der Waals surface area contributed by atoms with Crippen LogP contribution in [0.4, 0.5) is 10.5 Å². The van der Waals surface area contributed by atoms with E-state index in [-0.39, 0.29) is 12.3 Å². The minimum atomic E-state index is -0.626. The summed E-state index contributed by atoms with van der Waals surface area (Å²) in [5.41, 5.74) is 1.84. The number of unbranched alkanes of at least 4 members (excludes halogenated alkanes) is 1. The van der Waals surface area contributed by atoms with Crippen molar-refractivity contribution >= 4 is 17.7 Å². The number of benzene rings is 2. The molecule has 34 heavy (non-hydrogen) atoms. The van der Waals surface area contributed by atoms with Gasteiger partial charge >= 0.3 is 6.09 Å². The Balaban J connectivity index is 1.59. The van der Waals surface area contributed by atoms with Crippen LogP contribution in [0.25, 0.3) is 0 Å². The second-order valence-corrected chi connectivity index (χ2v) is 8.20. The first-order valence-corrected chi connectivity index (χ1v) is 11.8. The molecule has 0 unspecified atom stereocenters. The zero-order valence-corrected chi connectivity index (χ0v) is 20.3. The second kappa shape index (κ2) is 12.7. The Kier molecular flexibility index (Phi) is 9.43. The van der Waals surface area contributed by atoms with Gasteiger partial charge in [-0.05, 0) is 24.1 Å². The predicted octanol–water partition coefficient (Wildman–Crippen LogP) is 4.01. The van der Waals surface area contributed by atoms with Crippen molar-refractivity contribution in [3.05, 3.63) is 54.1 Å². The smallest absolute Gasteiger partial charge is 0.407 e. The van der Waals surface area contributed by atoms with E-state index in [1.165, 1.54) is 0 Å². The van der Waals surface area contributed by atoms with Crippen molar-refractivity contribution < 1.29 is 23.8 Å². The number of methoxy groups -OCH3 is 2. The third kappa shape index (κ3) is 6.79. The summed E-state index contributed by atoms with van der Waals surface area (Å²) in [4.78, 5) is 29.4. The lowest BCUT2D eigenvalue weighted by Crippen LogP contribution is -2.49. The van der Waals surface area contributed by atoms with Gasteiger partial charge in [-0.15, -0.1) is 0 Å². The number of carbonyl (C=O) groups excluding carboxylic acids is 2. The van der Waals surface area contributed by atoms with Gasteiger partial charge < -0.3 is 29.3 Å². The highest BCUT2D eigenvalue weighted by atomic mass is 16.6. The van der Waals surface area contributed by atoms with Gasteiger partial charge in [-0.1, -0.05) is 43.7 Å². The topological polar surface area (TPSA) is 80.3 Å². The van der Waals surface area contributed by atoms with E-state index in [1.807, 2.05) is 53.4 Å². The highest BCUT2D eigenvalue weighted by Gasteiger charge is 2.27. The molecule has 8 nitrogen and oxygen atoms in total. The van der Waals surface area contributed by atoms with Crippen LogP contribution in [0.2, 0.25) is 0 Å². The van der Waals surface area contributed by atoms with Crippen LogP contribution in [0.3, 0.4) is 0 Å². The molecule has 1 heterocycles. The normalized spacial score (nSPS) is 14.3. The fourth-order valence-corrected chi connectivity index (χ4v) is 3.96. The number of rotatable bonds is 10. The number of piperazine rings is 1. The standard InChI is InChI=1S/C26H35N3O5/c1-4-5-13-27-26(31)34-23(20-9-7-6-8-10-20)19-25(30)29-16-14-28(15-17-29)21-11-12-22(32-2)24(18-21)33-3/h6-12,18,23H,4-5,13-17,19H2,1-3H3,(H,27,31)/t23-/m1/s1. The van der Waals surface area contributed by atoms with E-state index in [0.717, 1.165) is 24.1 Å². The largest absolute Gasteiger partial charge is 0.493 e. The maximum Gasteiger partial charge on any atom is 0.407 e. The van der Waals surface area contributed by atoms with Crippen molar-refractivity contribution in [1.29, 1.82) is 0 Å². The molecule has 0 aromatic heterocycles. The van der Waals surface area contributed by atoms with Crippen LogP contribution in [0, 0.1) is 0 Å². The number of amides is 2. The minimum absolute atomic E-state index is 0.0258. The molecule has 1 aliphatic rings. The molecule has 2 aromatic carbocycles. The maximum absolute atomic E-state index is 13.1. The number of hydrogen-bond donors (Lipinski definition) is 1. The van der Waals surface area contributed by atoms with Crippen LogP contribution in [-0.4, -0.2) is 63.8 Å². The van der Waals surface area contributed by atoms with E-state index >= 15 is 0 Å². The molecule has 2 aromatic rings. The molecule has 1 saturated heterocycles. The van der Waals surface area contributed by atoms with Gasteiger partial charge in [-0.25, -0.2) is 4.79 Å². The Morgan fingerprint density at radius 2 is 1.68 bits per heavy atom. The zero-order valence-electron chi connectivity index (χ0n) is 20.3. The van der Waals surface area contributed by atoms with Gasteiger partial charge in [0.05, 0.1) is 20.6 Å². The van der Waals surface area contributed by atoms with Crippen LogP contribution in [-0.2, 0) is 9.53 Å². The Bertz CT molecular complexity index is 929.